The fraction of sp³-hybridized carbons (Fsp3) is 0.250. The third-order valence-electron chi connectivity index (χ3n) is 5.57. The van der Waals surface area contributed by atoms with E-state index in [-0.39, 0.29) is 17.9 Å². The lowest BCUT2D eigenvalue weighted by Gasteiger charge is -2.42. The van der Waals surface area contributed by atoms with Gasteiger partial charge in [-0.2, -0.15) is 0 Å². The molecule has 2 atom stereocenters. The monoisotopic (exact) mass is 375 g/mol. The van der Waals surface area contributed by atoms with Gasteiger partial charge in [0.2, 0.25) is 0 Å². The van der Waals surface area contributed by atoms with Gasteiger partial charge in [-0.05, 0) is 35.4 Å². The van der Waals surface area contributed by atoms with Gasteiger partial charge in [0.25, 0.3) is 0 Å². The van der Waals surface area contributed by atoms with Gasteiger partial charge in [-0.25, -0.2) is 4.39 Å². The second-order valence-corrected chi connectivity index (χ2v) is 7.29. The summed E-state index contributed by atoms with van der Waals surface area (Å²) in [7, 11) is 0. The predicted octanol–water partition coefficient (Wildman–Crippen LogP) is 4.39. The number of nitrogens with two attached hydrogens (primary N) is 1. The summed E-state index contributed by atoms with van der Waals surface area (Å²) >= 11 is 0. The first-order valence-corrected chi connectivity index (χ1v) is 9.82. The van der Waals surface area contributed by atoms with E-state index in [2.05, 4.69) is 46.2 Å². The van der Waals surface area contributed by atoms with Crippen LogP contribution >= 0.6 is 0 Å². The van der Waals surface area contributed by atoms with Gasteiger partial charge >= 0.3 is 0 Å². The van der Waals surface area contributed by atoms with Crippen molar-refractivity contribution in [3.63, 3.8) is 0 Å². The molecule has 1 fully saturated rings. The Labute approximate surface area is 166 Å². The first-order chi connectivity index (χ1) is 13.7. The quantitative estimate of drug-likeness (QED) is 0.718. The van der Waals surface area contributed by atoms with Crippen molar-refractivity contribution in [2.75, 3.05) is 31.1 Å². The molecule has 2 N–H and O–H groups in total. The van der Waals surface area contributed by atoms with Crippen LogP contribution in [0.5, 0.6) is 0 Å². The summed E-state index contributed by atoms with van der Waals surface area (Å²) in [5.41, 5.74) is 10.2. The molecule has 3 aromatic rings. The van der Waals surface area contributed by atoms with E-state index in [1.165, 1.54) is 17.7 Å². The highest BCUT2D eigenvalue weighted by Gasteiger charge is 2.30. The zero-order chi connectivity index (χ0) is 19.3. The molecule has 0 aliphatic carbocycles. The third kappa shape index (κ3) is 4.08. The van der Waals surface area contributed by atoms with Crippen LogP contribution in [0.2, 0.25) is 0 Å². The Morgan fingerprint density at radius 3 is 1.79 bits per heavy atom. The van der Waals surface area contributed by atoms with Gasteiger partial charge in [0.05, 0.1) is 6.04 Å². The predicted molar refractivity (Wildman–Crippen MR) is 113 cm³/mol. The molecule has 0 radical (unpaired) electrons. The molecule has 0 saturated carbocycles. The number of rotatable bonds is 5. The molecule has 1 saturated heterocycles. The van der Waals surface area contributed by atoms with Gasteiger partial charge in [-0.15, -0.1) is 0 Å². The van der Waals surface area contributed by atoms with E-state index in [0.717, 1.165) is 37.4 Å². The topological polar surface area (TPSA) is 32.5 Å². The molecule has 1 aliphatic rings. The summed E-state index contributed by atoms with van der Waals surface area (Å²) in [5.74, 6) is -0.194. The van der Waals surface area contributed by atoms with Crippen molar-refractivity contribution in [2.45, 2.75) is 12.1 Å². The Morgan fingerprint density at radius 2 is 1.21 bits per heavy atom. The van der Waals surface area contributed by atoms with Crippen LogP contribution in [0.4, 0.5) is 10.1 Å². The van der Waals surface area contributed by atoms with Crippen LogP contribution in [0.3, 0.4) is 0 Å². The van der Waals surface area contributed by atoms with Crippen LogP contribution in [-0.2, 0) is 0 Å². The van der Waals surface area contributed by atoms with Crippen LogP contribution in [0, 0.1) is 5.82 Å². The maximum Gasteiger partial charge on any atom is 0.123 e. The minimum atomic E-state index is -0.194. The SMILES string of the molecule is N[C@@H](c1ccccc1)[C@@H](c1ccccc1)N1CCN(c2ccc(F)cc2)CC1. The van der Waals surface area contributed by atoms with Gasteiger partial charge in [-0.1, -0.05) is 60.7 Å². The Bertz CT molecular complexity index is 859. The number of piperazine rings is 1. The van der Waals surface area contributed by atoms with Crippen molar-refractivity contribution < 1.29 is 4.39 Å². The van der Waals surface area contributed by atoms with E-state index in [0.29, 0.717) is 0 Å². The summed E-state index contributed by atoms with van der Waals surface area (Å²) in [5, 5.41) is 0. The number of anilines is 1. The average Bonchev–Trinajstić information content (AvgIpc) is 2.76. The summed E-state index contributed by atoms with van der Waals surface area (Å²) in [4.78, 5) is 4.79. The molecule has 1 aliphatic heterocycles. The average molecular weight is 375 g/mol. The molecule has 3 aromatic carbocycles. The maximum atomic E-state index is 13.2. The molecule has 0 spiro atoms. The van der Waals surface area contributed by atoms with Crippen molar-refractivity contribution in [3.05, 3.63) is 102 Å². The Morgan fingerprint density at radius 1 is 0.679 bits per heavy atom. The van der Waals surface area contributed by atoms with Crippen molar-refractivity contribution >= 4 is 5.69 Å². The molecule has 1 heterocycles. The first kappa shape index (κ1) is 18.7. The molecule has 0 bridgehead atoms. The smallest absolute Gasteiger partial charge is 0.123 e. The van der Waals surface area contributed by atoms with E-state index in [1.807, 2.05) is 36.4 Å². The van der Waals surface area contributed by atoms with E-state index >= 15 is 0 Å². The van der Waals surface area contributed by atoms with E-state index in [1.54, 1.807) is 0 Å². The lowest BCUT2D eigenvalue weighted by Crippen LogP contribution is -2.49. The largest absolute Gasteiger partial charge is 0.369 e. The fourth-order valence-corrected chi connectivity index (χ4v) is 4.06. The minimum absolute atomic E-state index is 0.0963. The Balaban J connectivity index is 1.54. The number of halogens is 1. The van der Waals surface area contributed by atoms with Gasteiger partial charge < -0.3 is 10.6 Å². The van der Waals surface area contributed by atoms with E-state index in [4.69, 9.17) is 5.73 Å². The summed E-state index contributed by atoms with van der Waals surface area (Å²) < 4.78 is 13.2. The Hall–Kier alpha value is -2.69. The second-order valence-electron chi connectivity index (χ2n) is 7.29. The number of hydrogen-bond donors (Lipinski definition) is 1. The molecular weight excluding hydrogens is 349 g/mol. The van der Waals surface area contributed by atoms with Gasteiger partial charge in [-0.3, -0.25) is 4.90 Å². The summed E-state index contributed by atoms with van der Waals surface area (Å²) in [6.07, 6.45) is 0. The highest BCUT2D eigenvalue weighted by atomic mass is 19.1. The fourth-order valence-electron chi connectivity index (χ4n) is 4.06. The standard InChI is InChI=1S/C24H26FN3/c25-21-11-13-22(14-12-21)27-15-17-28(18-16-27)24(20-9-5-2-6-10-20)23(26)19-7-3-1-4-8-19/h1-14,23-24H,15-18,26H2/t23-,24+/m0/s1. The van der Waals surface area contributed by atoms with E-state index < -0.39 is 0 Å². The lowest BCUT2D eigenvalue weighted by molar-refractivity contribution is 0.162. The summed E-state index contributed by atoms with van der Waals surface area (Å²) in [6, 6.07) is 27.7. The number of nitrogens with zero attached hydrogens (tertiary/aromatic N) is 2. The molecule has 144 valence electrons. The minimum Gasteiger partial charge on any atom is -0.369 e. The van der Waals surface area contributed by atoms with Gasteiger partial charge in [0, 0.05) is 37.9 Å². The van der Waals surface area contributed by atoms with Crippen LogP contribution in [-0.4, -0.2) is 31.1 Å². The second kappa shape index (κ2) is 8.55. The van der Waals surface area contributed by atoms with E-state index in [9.17, 15) is 4.39 Å². The third-order valence-corrected chi connectivity index (χ3v) is 5.57. The molecule has 28 heavy (non-hydrogen) atoms. The van der Waals surface area contributed by atoms with Crippen molar-refractivity contribution in [1.82, 2.24) is 4.90 Å². The molecular formula is C24H26FN3. The normalized spacial score (nSPS) is 17.3. The van der Waals surface area contributed by atoms with Gasteiger partial charge in [0.15, 0.2) is 0 Å². The maximum absolute atomic E-state index is 13.2. The molecule has 0 unspecified atom stereocenters. The highest BCUT2D eigenvalue weighted by Crippen LogP contribution is 2.33. The Kier molecular flexibility index (Phi) is 5.70. The number of hydrogen-bond acceptors (Lipinski definition) is 3. The lowest BCUT2D eigenvalue weighted by atomic mass is 9.92. The van der Waals surface area contributed by atoms with Crippen LogP contribution in [0.25, 0.3) is 0 Å². The molecule has 0 aromatic heterocycles. The molecule has 3 nitrogen and oxygen atoms in total. The van der Waals surface area contributed by atoms with Gasteiger partial charge in [0.1, 0.15) is 5.82 Å². The number of benzene rings is 3. The van der Waals surface area contributed by atoms with Crippen LogP contribution < -0.4 is 10.6 Å². The van der Waals surface area contributed by atoms with Crippen molar-refractivity contribution in [2.24, 2.45) is 5.73 Å². The first-order valence-electron chi connectivity index (χ1n) is 9.82. The zero-order valence-corrected chi connectivity index (χ0v) is 15.9. The van der Waals surface area contributed by atoms with Crippen LogP contribution in [0.1, 0.15) is 23.2 Å². The zero-order valence-electron chi connectivity index (χ0n) is 15.9. The highest BCUT2D eigenvalue weighted by molar-refractivity contribution is 5.46. The van der Waals surface area contributed by atoms with Crippen LogP contribution in [0.15, 0.2) is 84.9 Å². The molecule has 4 rings (SSSR count). The van der Waals surface area contributed by atoms with Crippen molar-refractivity contribution in [3.8, 4) is 0 Å². The summed E-state index contributed by atoms with van der Waals surface area (Å²) in [6.45, 7) is 3.63. The van der Waals surface area contributed by atoms with Crippen molar-refractivity contribution in [1.29, 1.82) is 0 Å². The molecule has 0 amide bonds. The molecule has 4 heteroatoms.